The largest absolute Gasteiger partial charge is 0.497 e. The Morgan fingerprint density at radius 2 is 1.70 bits per heavy atom. The molecule has 230 valence electrons. The molecule has 43 heavy (non-hydrogen) atoms. The van der Waals surface area contributed by atoms with Gasteiger partial charge in [0.25, 0.3) is 10.0 Å². The Kier molecular flexibility index (Phi) is 10.1. The van der Waals surface area contributed by atoms with Crippen LogP contribution in [0.2, 0.25) is 0 Å². The number of hydrogen-bond donors (Lipinski definition) is 1. The molecule has 1 heterocycles. The van der Waals surface area contributed by atoms with Crippen molar-refractivity contribution in [3.63, 3.8) is 0 Å². The van der Waals surface area contributed by atoms with Crippen LogP contribution in [0, 0.1) is 5.82 Å². The number of nitrogens with zero attached hydrogens (tertiary/aromatic N) is 2. The second-order valence-electron chi connectivity index (χ2n) is 10.2. The van der Waals surface area contributed by atoms with Gasteiger partial charge in [0.15, 0.2) is 11.5 Å². The fourth-order valence-electron chi connectivity index (χ4n) is 4.46. The highest BCUT2D eigenvalue weighted by atomic mass is 32.2. The zero-order valence-electron chi connectivity index (χ0n) is 24.6. The summed E-state index contributed by atoms with van der Waals surface area (Å²) in [5.74, 6) is -0.362. The van der Waals surface area contributed by atoms with E-state index < -0.39 is 34.3 Å². The van der Waals surface area contributed by atoms with Crippen molar-refractivity contribution in [2.24, 2.45) is 0 Å². The minimum atomic E-state index is -4.37. The van der Waals surface area contributed by atoms with Crippen LogP contribution in [0.15, 0.2) is 71.6 Å². The highest BCUT2D eigenvalue weighted by Crippen LogP contribution is 2.34. The number of ether oxygens (including phenoxy) is 3. The van der Waals surface area contributed by atoms with E-state index in [1.807, 2.05) is 13.8 Å². The minimum Gasteiger partial charge on any atom is -0.497 e. The highest BCUT2D eigenvalue weighted by molar-refractivity contribution is 7.92. The molecule has 0 saturated carbocycles. The molecule has 1 aliphatic heterocycles. The molecule has 2 unspecified atom stereocenters. The van der Waals surface area contributed by atoms with Crippen molar-refractivity contribution in [2.75, 3.05) is 31.2 Å². The van der Waals surface area contributed by atoms with Gasteiger partial charge < -0.3 is 24.4 Å². The Bertz CT molecular complexity index is 1550. The first-order valence-electron chi connectivity index (χ1n) is 13.9. The topological polar surface area (TPSA) is 114 Å². The van der Waals surface area contributed by atoms with E-state index in [1.165, 1.54) is 42.3 Å². The number of sulfonamides is 1. The van der Waals surface area contributed by atoms with Crippen LogP contribution in [-0.4, -0.2) is 64.1 Å². The molecule has 0 fully saturated rings. The van der Waals surface area contributed by atoms with Gasteiger partial charge in [0.1, 0.15) is 37.4 Å². The van der Waals surface area contributed by atoms with Crippen LogP contribution in [0.5, 0.6) is 17.2 Å². The molecule has 0 aromatic heterocycles. The number of fused-ring (bicyclic) bond motifs is 1. The fourth-order valence-corrected chi connectivity index (χ4v) is 5.89. The van der Waals surface area contributed by atoms with Crippen molar-refractivity contribution in [3.05, 3.63) is 78.1 Å². The molecule has 0 saturated heterocycles. The lowest BCUT2D eigenvalue weighted by atomic mass is 10.1. The third-order valence-corrected chi connectivity index (χ3v) is 8.92. The van der Waals surface area contributed by atoms with Crippen molar-refractivity contribution in [2.45, 2.75) is 50.7 Å². The first-order valence-corrected chi connectivity index (χ1v) is 15.4. The number of rotatable bonds is 12. The zero-order chi connectivity index (χ0) is 31.1. The molecule has 3 aromatic carbocycles. The van der Waals surface area contributed by atoms with E-state index in [-0.39, 0.29) is 41.4 Å². The fraction of sp³-hybridized carbons (Fsp3) is 0.355. The van der Waals surface area contributed by atoms with Crippen LogP contribution in [0.1, 0.15) is 32.8 Å². The number of hydrogen-bond acceptors (Lipinski definition) is 7. The van der Waals surface area contributed by atoms with Gasteiger partial charge in [-0.05, 0) is 74.4 Å². The summed E-state index contributed by atoms with van der Waals surface area (Å²) in [6.45, 7) is 5.31. The van der Waals surface area contributed by atoms with Gasteiger partial charge in [-0.1, -0.05) is 19.1 Å². The van der Waals surface area contributed by atoms with Gasteiger partial charge in [-0.3, -0.25) is 13.9 Å². The van der Waals surface area contributed by atoms with Gasteiger partial charge in [0, 0.05) is 18.7 Å². The van der Waals surface area contributed by atoms with E-state index >= 15 is 0 Å². The third kappa shape index (κ3) is 7.56. The molecule has 3 aromatic rings. The van der Waals surface area contributed by atoms with Crippen LogP contribution < -0.4 is 23.8 Å². The number of carbonyl (C=O) groups is 2. The van der Waals surface area contributed by atoms with Crippen LogP contribution in [-0.2, 0) is 26.2 Å². The number of nitrogens with one attached hydrogen (secondary N) is 1. The van der Waals surface area contributed by atoms with Gasteiger partial charge in [-0.25, -0.2) is 12.8 Å². The molecule has 12 heteroatoms. The molecular weight excluding hydrogens is 577 g/mol. The summed E-state index contributed by atoms with van der Waals surface area (Å²) >= 11 is 0. The van der Waals surface area contributed by atoms with Crippen molar-refractivity contribution < 1.29 is 36.6 Å². The van der Waals surface area contributed by atoms with Crippen LogP contribution >= 0.6 is 0 Å². The monoisotopic (exact) mass is 613 g/mol. The molecule has 1 N–H and O–H groups in total. The number of anilines is 1. The van der Waals surface area contributed by atoms with Crippen molar-refractivity contribution in [1.82, 2.24) is 10.2 Å². The Balaban J connectivity index is 1.72. The highest BCUT2D eigenvalue weighted by Gasteiger charge is 2.33. The Morgan fingerprint density at radius 1 is 1.00 bits per heavy atom. The third-order valence-electron chi connectivity index (χ3n) is 7.15. The van der Waals surface area contributed by atoms with Crippen LogP contribution in [0.4, 0.5) is 10.1 Å². The van der Waals surface area contributed by atoms with E-state index in [0.29, 0.717) is 30.1 Å². The first kappa shape index (κ1) is 31.6. The van der Waals surface area contributed by atoms with E-state index in [4.69, 9.17) is 14.2 Å². The van der Waals surface area contributed by atoms with Crippen molar-refractivity contribution in [3.8, 4) is 17.2 Å². The van der Waals surface area contributed by atoms with E-state index in [0.717, 1.165) is 16.4 Å². The molecule has 2 amide bonds. The number of amides is 2. The summed E-state index contributed by atoms with van der Waals surface area (Å²) in [7, 11) is -2.85. The van der Waals surface area contributed by atoms with E-state index in [1.54, 1.807) is 31.2 Å². The van der Waals surface area contributed by atoms with E-state index in [2.05, 4.69) is 5.32 Å². The minimum absolute atomic E-state index is 0.00640. The molecule has 4 rings (SSSR count). The average Bonchev–Trinajstić information content (AvgIpc) is 3.02. The predicted octanol–water partition coefficient (Wildman–Crippen LogP) is 4.13. The van der Waals surface area contributed by atoms with Gasteiger partial charge in [-0.2, -0.15) is 0 Å². The molecule has 1 aliphatic rings. The second kappa shape index (κ2) is 13.8. The number of methoxy groups -OCH3 is 1. The summed E-state index contributed by atoms with van der Waals surface area (Å²) in [4.78, 5) is 28.4. The average molecular weight is 614 g/mol. The Hall–Kier alpha value is -4.32. The lowest BCUT2D eigenvalue weighted by Crippen LogP contribution is -2.52. The van der Waals surface area contributed by atoms with Crippen molar-refractivity contribution in [1.29, 1.82) is 0 Å². The van der Waals surface area contributed by atoms with Gasteiger partial charge in [0.2, 0.25) is 11.8 Å². The summed E-state index contributed by atoms with van der Waals surface area (Å²) < 4.78 is 59.3. The van der Waals surface area contributed by atoms with Crippen LogP contribution in [0.3, 0.4) is 0 Å². The molecular formula is C31H36FN3O7S. The summed E-state index contributed by atoms with van der Waals surface area (Å²) in [6.07, 6.45) is 0.689. The molecule has 2 atom stereocenters. The molecule has 0 aliphatic carbocycles. The summed E-state index contributed by atoms with van der Waals surface area (Å²) in [6, 6.07) is 14.9. The quantitative estimate of drug-likeness (QED) is 0.327. The maximum atomic E-state index is 14.1. The lowest BCUT2D eigenvalue weighted by molar-refractivity contribution is -0.139. The molecule has 0 radical (unpaired) electrons. The first-order chi connectivity index (χ1) is 20.5. The Morgan fingerprint density at radius 3 is 2.37 bits per heavy atom. The predicted molar refractivity (Wildman–Crippen MR) is 159 cm³/mol. The van der Waals surface area contributed by atoms with Gasteiger partial charge >= 0.3 is 0 Å². The molecule has 0 bridgehead atoms. The molecule has 0 spiro atoms. The number of carbonyl (C=O) groups excluding carboxylic acids is 2. The van der Waals surface area contributed by atoms with Gasteiger partial charge in [-0.15, -0.1) is 0 Å². The smallest absolute Gasteiger partial charge is 0.264 e. The summed E-state index contributed by atoms with van der Waals surface area (Å²) in [5.41, 5.74) is 0.751. The van der Waals surface area contributed by atoms with Crippen molar-refractivity contribution >= 4 is 27.5 Å². The Labute approximate surface area is 251 Å². The van der Waals surface area contributed by atoms with E-state index in [9.17, 15) is 22.4 Å². The number of halogens is 1. The normalized spacial score (nSPS) is 13.9. The summed E-state index contributed by atoms with van der Waals surface area (Å²) in [5, 5.41) is 2.89. The van der Waals surface area contributed by atoms with Crippen LogP contribution in [0.25, 0.3) is 0 Å². The lowest BCUT2D eigenvalue weighted by Gasteiger charge is -2.32. The number of benzene rings is 3. The standard InChI is InChI=1S/C31H36FN3O7S/c1-5-21(2)33-31(37)22(3)34(19-23-7-6-8-26(17-23)40-4)30(36)20-35(25-11-9-24(32)10-12-25)43(38,39)27-13-14-28-29(18-27)42-16-15-41-28/h6-14,17-18,21-22H,5,15-16,19-20H2,1-4H3,(H,33,37). The maximum Gasteiger partial charge on any atom is 0.264 e. The zero-order valence-corrected chi connectivity index (χ0v) is 25.4. The maximum absolute atomic E-state index is 14.1. The SMILES string of the molecule is CCC(C)NC(=O)C(C)N(Cc1cccc(OC)c1)C(=O)CN(c1ccc(F)cc1)S(=O)(=O)c1ccc2c(c1)OCCO2. The van der Waals surface area contributed by atoms with Gasteiger partial charge in [0.05, 0.1) is 17.7 Å². The molecule has 10 nitrogen and oxygen atoms in total. The second-order valence-corrected chi connectivity index (χ2v) is 12.0.